The van der Waals surface area contributed by atoms with E-state index in [1.807, 2.05) is 0 Å². The molecule has 0 saturated carbocycles. The van der Waals surface area contributed by atoms with Crippen molar-refractivity contribution >= 4 is 27.5 Å². The van der Waals surface area contributed by atoms with Crippen molar-refractivity contribution in [1.29, 1.82) is 0 Å². The zero-order valence-corrected chi connectivity index (χ0v) is 15.3. The highest BCUT2D eigenvalue weighted by Crippen LogP contribution is 2.27. The highest BCUT2D eigenvalue weighted by atomic mass is 32.2. The summed E-state index contributed by atoms with van der Waals surface area (Å²) in [5.41, 5.74) is 7.25. The van der Waals surface area contributed by atoms with E-state index in [1.54, 1.807) is 44.6 Å². The van der Waals surface area contributed by atoms with Crippen molar-refractivity contribution in [2.75, 3.05) is 15.8 Å². The Labute approximate surface area is 151 Å². The largest absolute Gasteiger partial charge is 0.384 e. The fourth-order valence-electron chi connectivity index (χ4n) is 2.43. The summed E-state index contributed by atoms with van der Waals surface area (Å²) in [7, 11) is -1.94. The molecule has 0 saturated heterocycles. The third kappa shape index (κ3) is 3.64. The smallest absolute Gasteiger partial charge is 0.244 e. The summed E-state index contributed by atoms with van der Waals surface area (Å²) in [5.74, 6) is 0.421. The summed E-state index contributed by atoms with van der Waals surface area (Å²) in [6.07, 6.45) is 6.64. The van der Waals surface area contributed by atoms with Gasteiger partial charge in [-0.1, -0.05) is 6.92 Å². The van der Waals surface area contributed by atoms with Gasteiger partial charge in [-0.25, -0.2) is 27.7 Å². The predicted octanol–water partition coefficient (Wildman–Crippen LogP) is 1.73. The summed E-state index contributed by atoms with van der Waals surface area (Å²) >= 11 is 0. The lowest BCUT2D eigenvalue weighted by atomic mass is 10.2. The molecule has 0 amide bonds. The van der Waals surface area contributed by atoms with Crippen LogP contribution in [0.2, 0.25) is 0 Å². The van der Waals surface area contributed by atoms with Crippen LogP contribution in [0.4, 0.5) is 17.5 Å². The second-order valence-corrected chi connectivity index (χ2v) is 7.60. The van der Waals surface area contributed by atoms with E-state index in [-0.39, 0.29) is 11.7 Å². The lowest BCUT2D eigenvalue weighted by Gasteiger charge is -2.20. The number of pyridine rings is 1. The topological polar surface area (TPSA) is 120 Å². The summed E-state index contributed by atoms with van der Waals surface area (Å²) < 4.78 is 28.3. The van der Waals surface area contributed by atoms with Crippen LogP contribution in [0.15, 0.2) is 43.0 Å². The number of anilines is 3. The number of nitrogen functional groups attached to an aromatic ring is 1. The molecule has 0 aromatic carbocycles. The Balaban J connectivity index is 2.10. The van der Waals surface area contributed by atoms with Crippen LogP contribution >= 0.6 is 0 Å². The number of nitrogens with two attached hydrogens (primary N) is 1. The molecule has 0 spiro atoms. The van der Waals surface area contributed by atoms with Crippen molar-refractivity contribution in [2.45, 2.75) is 13.3 Å². The Morgan fingerprint density at radius 2 is 2.00 bits per heavy atom. The normalized spacial score (nSPS) is 11.5. The molecule has 0 aliphatic rings. The van der Waals surface area contributed by atoms with Gasteiger partial charge >= 0.3 is 0 Å². The van der Waals surface area contributed by atoms with Crippen LogP contribution in [-0.4, -0.2) is 38.9 Å². The van der Waals surface area contributed by atoms with Crippen LogP contribution in [0.25, 0.3) is 11.3 Å². The SMILES string of the molecule is CCCS(=O)(=O)N(c1cnn(C)c1)c1nccc(-c2ccc(N)nc2)n1. The van der Waals surface area contributed by atoms with Crippen molar-refractivity contribution < 1.29 is 8.42 Å². The number of sulfonamides is 1. The van der Waals surface area contributed by atoms with Gasteiger partial charge in [-0.3, -0.25) is 4.68 Å². The molecule has 3 aromatic heterocycles. The minimum atomic E-state index is -3.65. The first-order chi connectivity index (χ1) is 12.4. The molecular weight excluding hydrogens is 354 g/mol. The first kappa shape index (κ1) is 17.8. The molecule has 9 nitrogen and oxygen atoms in total. The number of hydrogen-bond donors (Lipinski definition) is 1. The number of hydrogen-bond acceptors (Lipinski definition) is 7. The maximum atomic E-state index is 12.8. The monoisotopic (exact) mass is 373 g/mol. The molecule has 2 N–H and O–H groups in total. The lowest BCUT2D eigenvalue weighted by Crippen LogP contribution is -2.29. The first-order valence-electron chi connectivity index (χ1n) is 7.97. The molecular formula is C16H19N7O2S. The van der Waals surface area contributed by atoms with E-state index in [0.717, 1.165) is 4.31 Å². The fourth-order valence-corrected chi connectivity index (χ4v) is 3.88. The molecule has 136 valence electrons. The average Bonchev–Trinajstić information content (AvgIpc) is 3.01. The molecule has 0 bridgehead atoms. The summed E-state index contributed by atoms with van der Waals surface area (Å²) in [6, 6.07) is 5.11. The highest BCUT2D eigenvalue weighted by molar-refractivity contribution is 7.93. The van der Waals surface area contributed by atoms with E-state index < -0.39 is 10.0 Å². The number of aryl methyl sites for hydroxylation is 1. The number of nitrogens with zero attached hydrogens (tertiary/aromatic N) is 6. The quantitative estimate of drug-likeness (QED) is 0.698. The lowest BCUT2D eigenvalue weighted by molar-refractivity contribution is 0.594. The molecule has 10 heteroatoms. The minimum Gasteiger partial charge on any atom is -0.384 e. The van der Waals surface area contributed by atoms with Crippen LogP contribution < -0.4 is 10.0 Å². The van der Waals surface area contributed by atoms with Gasteiger partial charge in [-0.15, -0.1) is 0 Å². The third-order valence-electron chi connectivity index (χ3n) is 3.57. The Morgan fingerprint density at radius 1 is 1.19 bits per heavy atom. The Hall–Kier alpha value is -3.01. The van der Waals surface area contributed by atoms with Crippen LogP contribution in [0.5, 0.6) is 0 Å². The van der Waals surface area contributed by atoms with E-state index >= 15 is 0 Å². The van der Waals surface area contributed by atoms with Gasteiger partial charge in [-0.2, -0.15) is 5.10 Å². The first-order valence-corrected chi connectivity index (χ1v) is 9.58. The molecule has 26 heavy (non-hydrogen) atoms. The number of aromatic nitrogens is 5. The predicted molar refractivity (Wildman–Crippen MR) is 99.1 cm³/mol. The molecule has 0 aliphatic carbocycles. The maximum absolute atomic E-state index is 12.8. The number of rotatable bonds is 6. The molecule has 3 heterocycles. The van der Waals surface area contributed by atoms with E-state index in [4.69, 9.17) is 5.73 Å². The summed E-state index contributed by atoms with van der Waals surface area (Å²) in [4.78, 5) is 12.6. The fraction of sp³-hybridized carbons (Fsp3) is 0.250. The molecule has 0 radical (unpaired) electrons. The van der Waals surface area contributed by atoms with Gasteiger partial charge in [0.15, 0.2) is 0 Å². The van der Waals surface area contributed by atoms with Gasteiger partial charge in [0, 0.05) is 31.2 Å². The molecule has 3 aromatic rings. The minimum absolute atomic E-state index is 0.0289. The Morgan fingerprint density at radius 3 is 2.62 bits per heavy atom. The van der Waals surface area contributed by atoms with Crippen molar-refractivity contribution in [2.24, 2.45) is 7.05 Å². The second kappa shape index (κ2) is 7.08. The van der Waals surface area contributed by atoms with Gasteiger partial charge in [0.05, 0.1) is 23.3 Å². The highest BCUT2D eigenvalue weighted by Gasteiger charge is 2.27. The maximum Gasteiger partial charge on any atom is 0.244 e. The van der Waals surface area contributed by atoms with E-state index in [2.05, 4.69) is 20.1 Å². The van der Waals surface area contributed by atoms with Crippen molar-refractivity contribution in [3.63, 3.8) is 0 Å². The van der Waals surface area contributed by atoms with E-state index in [0.29, 0.717) is 29.2 Å². The Bertz CT molecular complexity index is 999. The third-order valence-corrected chi connectivity index (χ3v) is 5.43. The molecule has 0 unspecified atom stereocenters. The second-order valence-electron chi connectivity index (χ2n) is 5.67. The van der Waals surface area contributed by atoms with Gasteiger partial charge in [-0.05, 0) is 24.6 Å². The van der Waals surface area contributed by atoms with Crippen molar-refractivity contribution in [3.8, 4) is 11.3 Å². The van der Waals surface area contributed by atoms with Gasteiger partial charge < -0.3 is 5.73 Å². The van der Waals surface area contributed by atoms with Crippen LogP contribution in [0.3, 0.4) is 0 Å². The van der Waals surface area contributed by atoms with Crippen molar-refractivity contribution in [3.05, 3.63) is 43.0 Å². The summed E-state index contributed by atoms with van der Waals surface area (Å²) in [6.45, 7) is 1.80. The molecule has 3 rings (SSSR count). The van der Waals surface area contributed by atoms with E-state index in [1.165, 1.54) is 17.1 Å². The van der Waals surface area contributed by atoms with Gasteiger partial charge in [0.25, 0.3) is 0 Å². The van der Waals surface area contributed by atoms with Crippen LogP contribution in [0.1, 0.15) is 13.3 Å². The van der Waals surface area contributed by atoms with Gasteiger partial charge in [0.1, 0.15) is 5.82 Å². The zero-order chi connectivity index (χ0) is 18.7. The molecule has 0 atom stereocenters. The van der Waals surface area contributed by atoms with Gasteiger partial charge in [0.2, 0.25) is 16.0 Å². The Kier molecular flexibility index (Phi) is 4.85. The molecule has 0 fully saturated rings. The summed E-state index contributed by atoms with van der Waals surface area (Å²) in [5, 5.41) is 4.06. The zero-order valence-electron chi connectivity index (χ0n) is 14.4. The van der Waals surface area contributed by atoms with E-state index in [9.17, 15) is 8.42 Å². The van der Waals surface area contributed by atoms with Crippen LogP contribution in [0, 0.1) is 0 Å². The van der Waals surface area contributed by atoms with Crippen LogP contribution in [-0.2, 0) is 17.1 Å². The standard InChI is InChI=1S/C16H19N7O2S/c1-3-8-26(24,25)23(13-10-20-22(2)11-13)16-18-7-6-14(21-16)12-4-5-15(17)19-9-12/h4-7,9-11H,3,8H2,1-2H3,(H2,17,19). The average molecular weight is 373 g/mol. The van der Waals surface area contributed by atoms with Crippen molar-refractivity contribution in [1.82, 2.24) is 24.7 Å². The molecule has 0 aliphatic heterocycles.